The fourth-order valence-corrected chi connectivity index (χ4v) is 3.10. The summed E-state index contributed by atoms with van der Waals surface area (Å²) in [5.74, 6) is 0.841. The van der Waals surface area contributed by atoms with Crippen LogP contribution in [0.25, 0.3) is 0 Å². The molecule has 0 radical (unpaired) electrons. The molecule has 2 aromatic rings. The van der Waals surface area contributed by atoms with E-state index < -0.39 is 0 Å². The lowest BCUT2D eigenvalue weighted by molar-refractivity contribution is -0.120. The van der Waals surface area contributed by atoms with E-state index in [1.807, 2.05) is 25.1 Å². The first kappa shape index (κ1) is 21.3. The van der Waals surface area contributed by atoms with Crippen LogP contribution in [-0.4, -0.2) is 32.6 Å². The normalized spacial score (nSPS) is 10.5. The molecular weight excluding hydrogens is 356 g/mol. The summed E-state index contributed by atoms with van der Waals surface area (Å²) in [6.07, 6.45) is 0. The van der Waals surface area contributed by atoms with Crippen LogP contribution in [0.5, 0.6) is 11.5 Å². The van der Waals surface area contributed by atoms with Crippen molar-refractivity contribution < 1.29 is 19.1 Å². The van der Waals surface area contributed by atoms with E-state index in [9.17, 15) is 9.59 Å². The van der Waals surface area contributed by atoms with E-state index in [-0.39, 0.29) is 24.3 Å². The van der Waals surface area contributed by atoms with Gasteiger partial charge in [-0.05, 0) is 36.1 Å². The third-order valence-corrected chi connectivity index (χ3v) is 4.53. The second-order valence-corrected chi connectivity index (χ2v) is 6.89. The summed E-state index contributed by atoms with van der Waals surface area (Å²) in [7, 11) is 3.08. The van der Waals surface area contributed by atoms with Crippen LogP contribution < -0.4 is 19.7 Å². The number of hydrogen-bond donors (Lipinski definition) is 1. The van der Waals surface area contributed by atoms with Crippen molar-refractivity contribution in [1.29, 1.82) is 0 Å². The zero-order valence-corrected chi connectivity index (χ0v) is 17.3. The standard InChI is InChI=1S/C22H28N2O4/c1-14(2)18-9-7-8-15(3)22(18)24(16(4)25)13-21(26)23-19-11-10-17(27-5)12-20(19)28-6/h7-12,14H,13H2,1-6H3,(H,23,26). The predicted molar refractivity (Wildman–Crippen MR) is 111 cm³/mol. The molecule has 0 aliphatic rings. The van der Waals surface area contributed by atoms with Crippen molar-refractivity contribution >= 4 is 23.2 Å². The first-order valence-electron chi connectivity index (χ1n) is 9.18. The van der Waals surface area contributed by atoms with E-state index in [2.05, 4.69) is 19.2 Å². The average Bonchev–Trinajstić information content (AvgIpc) is 2.66. The first-order valence-corrected chi connectivity index (χ1v) is 9.18. The minimum absolute atomic E-state index is 0.0882. The molecule has 1 N–H and O–H groups in total. The number of benzene rings is 2. The van der Waals surface area contributed by atoms with Crippen molar-refractivity contribution in [3.63, 3.8) is 0 Å². The molecule has 28 heavy (non-hydrogen) atoms. The van der Waals surface area contributed by atoms with Gasteiger partial charge < -0.3 is 19.7 Å². The molecule has 0 aromatic heterocycles. The Morgan fingerprint density at radius 2 is 1.82 bits per heavy atom. The van der Waals surface area contributed by atoms with E-state index in [4.69, 9.17) is 9.47 Å². The van der Waals surface area contributed by atoms with Crippen LogP contribution in [0.15, 0.2) is 36.4 Å². The minimum Gasteiger partial charge on any atom is -0.497 e. The molecule has 2 rings (SSSR count). The lowest BCUT2D eigenvalue weighted by atomic mass is 9.97. The fourth-order valence-electron chi connectivity index (χ4n) is 3.10. The Labute approximate surface area is 166 Å². The van der Waals surface area contributed by atoms with Gasteiger partial charge in [0.05, 0.1) is 25.6 Å². The van der Waals surface area contributed by atoms with Gasteiger partial charge in [-0.3, -0.25) is 9.59 Å². The lowest BCUT2D eigenvalue weighted by Gasteiger charge is -2.27. The molecular formula is C22H28N2O4. The molecule has 0 bridgehead atoms. The van der Waals surface area contributed by atoms with Crippen molar-refractivity contribution in [2.45, 2.75) is 33.6 Å². The number of hydrogen-bond acceptors (Lipinski definition) is 4. The van der Waals surface area contributed by atoms with Crippen LogP contribution in [0, 0.1) is 6.92 Å². The number of carbonyl (C=O) groups excluding carboxylic acids is 2. The van der Waals surface area contributed by atoms with Gasteiger partial charge in [0.1, 0.15) is 18.0 Å². The largest absolute Gasteiger partial charge is 0.497 e. The Morgan fingerprint density at radius 1 is 1.11 bits per heavy atom. The molecule has 0 spiro atoms. The number of nitrogens with zero attached hydrogens (tertiary/aromatic N) is 1. The number of nitrogens with one attached hydrogen (secondary N) is 1. The highest BCUT2D eigenvalue weighted by atomic mass is 16.5. The van der Waals surface area contributed by atoms with Crippen LogP contribution >= 0.6 is 0 Å². The van der Waals surface area contributed by atoms with Gasteiger partial charge in [-0.1, -0.05) is 32.0 Å². The third kappa shape index (κ3) is 4.82. The van der Waals surface area contributed by atoms with E-state index in [0.29, 0.717) is 17.2 Å². The van der Waals surface area contributed by atoms with Crippen molar-refractivity contribution in [2.24, 2.45) is 0 Å². The topological polar surface area (TPSA) is 67.9 Å². The number of methoxy groups -OCH3 is 2. The minimum atomic E-state index is -0.309. The summed E-state index contributed by atoms with van der Waals surface area (Å²) >= 11 is 0. The Balaban J connectivity index is 2.30. The van der Waals surface area contributed by atoms with Gasteiger partial charge in [0.25, 0.3) is 0 Å². The van der Waals surface area contributed by atoms with Crippen LogP contribution in [0.1, 0.15) is 37.8 Å². The quantitative estimate of drug-likeness (QED) is 0.779. The van der Waals surface area contributed by atoms with Crippen LogP contribution in [0.4, 0.5) is 11.4 Å². The Bertz CT molecular complexity index is 862. The summed E-state index contributed by atoms with van der Waals surface area (Å²) in [6, 6.07) is 11.0. The van der Waals surface area contributed by atoms with Crippen molar-refractivity contribution in [2.75, 3.05) is 31.0 Å². The highest BCUT2D eigenvalue weighted by Gasteiger charge is 2.22. The molecule has 0 saturated carbocycles. The molecule has 150 valence electrons. The number of ether oxygens (including phenoxy) is 2. The lowest BCUT2D eigenvalue weighted by Crippen LogP contribution is -2.37. The molecule has 2 amide bonds. The summed E-state index contributed by atoms with van der Waals surface area (Å²) in [4.78, 5) is 26.6. The van der Waals surface area contributed by atoms with Crippen molar-refractivity contribution in [3.05, 3.63) is 47.5 Å². The smallest absolute Gasteiger partial charge is 0.244 e. The summed E-state index contributed by atoms with van der Waals surface area (Å²) in [5, 5.41) is 2.82. The molecule has 0 aliphatic heterocycles. The maximum absolute atomic E-state index is 12.7. The maximum atomic E-state index is 12.7. The number of para-hydroxylation sites is 1. The second-order valence-electron chi connectivity index (χ2n) is 6.89. The summed E-state index contributed by atoms with van der Waals surface area (Å²) in [6.45, 7) is 7.46. The molecule has 2 aromatic carbocycles. The third-order valence-electron chi connectivity index (χ3n) is 4.53. The fraction of sp³-hybridized carbons (Fsp3) is 0.364. The van der Waals surface area contributed by atoms with E-state index in [0.717, 1.165) is 16.8 Å². The zero-order chi connectivity index (χ0) is 20.8. The van der Waals surface area contributed by atoms with Crippen LogP contribution in [0.2, 0.25) is 0 Å². The van der Waals surface area contributed by atoms with E-state index in [1.54, 1.807) is 25.3 Å². The van der Waals surface area contributed by atoms with Crippen LogP contribution in [0.3, 0.4) is 0 Å². The highest BCUT2D eigenvalue weighted by molar-refractivity contribution is 6.03. The Kier molecular flexibility index (Phi) is 7.04. The molecule has 0 aliphatic carbocycles. The molecule has 6 heteroatoms. The number of amides is 2. The highest BCUT2D eigenvalue weighted by Crippen LogP contribution is 2.32. The number of anilines is 2. The van der Waals surface area contributed by atoms with Gasteiger partial charge >= 0.3 is 0 Å². The molecule has 0 saturated heterocycles. The number of aryl methyl sites for hydroxylation is 1. The van der Waals surface area contributed by atoms with Crippen LogP contribution in [-0.2, 0) is 9.59 Å². The number of rotatable bonds is 7. The Hall–Kier alpha value is -3.02. The van der Waals surface area contributed by atoms with Crippen molar-refractivity contribution in [1.82, 2.24) is 0 Å². The van der Waals surface area contributed by atoms with Gasteiger partial charge in [0, 0.05) is 13.0 Å². The molecule has 0 unspecified atom stereocenters. The number of carbonyl (C=O) groups is 2. The van der Waals surface area contributed by atoms with Gasteiger partial charge in [0.2, 0.25) is 11.8 Å². The van der Waals surface area contributed by atoms with Gasteiger partial charge in [0.15, 0.2) is 0 Å². The van der Waals surface area contributed by atoms with Gasteiger partial charge in [-0.25, -0.2) is 0 Å². The predicted octanol–water partition coefficient (Wildman–Crippen LogP) is 4.13. The molecule has 0 fully saturated rings. The molecule has 0 heterocycles. The Morgan fingerprint density at radius 3 is 2.39 bits per heavy atom. The summed E-state index contributed by atoms with van der Waals surface area (Å²) < 4.78 is 10.5. The maximum Gasteiger partial charge on any atom is 0.244 e. The van der Waals surface area contributed by atoms with E-state index >= 15 is 0 Å². The average molecular weight is 384 g/mol. The van der Waals surface area contributed by atoms with Gasteiger partial charge in [-0.15, -0.1) is 0 Å². The molecule has 0 atom stereocenters. The van der Waals surface area contributed by atoms with Crippen molar-refractivity contribution in [3.8, 4) is 11.5 Å². The first-order chi connectivity index (χ1) is 13.3. The monoisotopic (exact) mass is 384 g/mol. The zero-order valence-electron chi connectivity index (χ0n) is 17.3. The SMILES string of the molecule is COc1ccc(NC(=O)CN(C(C)=O)c2c(C)cccc2C(C)C)c(OC)c1. The van der Waals surface area contributed by atoms with E-state index in [1.165, 1.54) is 18.9 Å². The molecule has 6 nitrogen and oxygen atoms in total. The summed E-state index contributed by atoms with van der Waals surface area (Å²) in [5.41, 5.74) is 3.30. The second kappa shape index (κ2) is 9.26. The van der Waals surface area contributed by atoms with Gasteiger partial charge in [-0.2, -0.15) is 0 Å².